The molecule has 3 saturated heterocycles. The van der Waals surface area contributed by atoms with Crippen molar-refractivity contribution in [2.75, 3.05) is 47.6 Å². The summed E-state index contributed by atoms with van der Waals surface area (Å²) in [5, 5.41) is 62.8. The van der Waals surface area contributed by atoms with Crippen LogP contribution in [0, 0.1) is 23.7 Å². The fraction of sp³-hybridized carbons (Fsp3) is 0.943. The summed E-state index contributed by atoms with van der Waals surface area (Å²) in [6, 6.07) is 0.286. The number of aliphatic hydroxyl groups is 6. The number of nitrogens with zero attached hydrogens (tertiary/aromatic N) is 1. The second-order valence-corrected chi connectivity index (χ2v) is 14.0. The van der Waals surface area contributed by atoms with Gasteiger partial charge in [0.1, 0.15) is 24.6 Å². The van der Waals surface area contributed by atoms with Gasteiger partial charge in [0.05, 0.1) is 54.7 Å². The lowest BCUT2D eigenvalue weighted by Gasteiger charge is -2.44. The lowest BCUT2D eigenvalue weighted by Crippen LogP contribution is -2.56. The van der Waals surface area contributed by atoms with Crippen LogP contribution in [0.3, 0.4) is 0 Å². The summed E-state index contributed by atoms with van der Waals surface area (Å²) >= 11 is 0. The maximum atomic E-state index is 12.9. The lowest BCUT2D eigenvalue weighted by atomic mass is 9.76. The molecule has 3 aliphatic heterocycles. The Bertz CT molecular complexity index is 968. The first-order chi connectivity index (χ1) is 21.3. The van der Waals surface area contributed by atoms with Gasteiger partial charge in [-0.2, -0.15) is 0 Å². The van der Waals surface area contributed by atoms with Gasteiger partial charge in [-0.15, -0.1) is 0 Å². The number of methoxy groups -OCH3 is 1. The Morgan fingerprint density at radius 1 is 0.857 bits per heavy atom. The molecule has 14 heteroatoms. The zero-order valence-corrected chi connectivity index (χ0v) is 28.9. The van der Waals surface area contributed by atoms with Gasteiger partial charge in [0.25, 0.3) is 0 Å². The van der Waals surface area contributed by atoms with E-state index in [-0.39, 0.29) is 53.9 Å². The van der Waals surface area contributed by atoms with Crippen molar-refractivity contribution < 1.29 is 63.9 Å². The van der Waals surface area contributed by atoms with Gasteiger partial charge >= 0.3 is 5.97 Å². The molecule has 0 aromatic carbocycles. The Morgan fingerprint density at radius 3 is 1.96 bits per heavy atom. The first-order valence-electron chi connectivity index (χ1n) is 16.2. The normalized spacial score (nSPS) is 42.5. The molecule has 0 radical (unpaired) electrons. The molecule has 3 heterocycles. The summed E-state index contributed by atoms with van der Waals surface area (Å²) < 4.78 is 27.5. The monoisotopic (exact) mass is 713 g/mol. The lowest BCUT2D eigenvalue weighted by molar-refractivity contribution is -0.278. The molecule has 6 N–H and O–H groups in total. The highest BCUT2D eigenvalue weighted by Gasteiger charge is 2.47. The topological polar surface area (TPSA) is 205 Å². The van der Waals surface area contributed by atoms with E-state index in [1.807, 2.05) is 19.0 Å². The average molecular weight is 714 g/mol. The van der Waals surface area contributed by atoms with Gasteiger partial charge in [-0.05, 0) is 47.7 Å². The van der Waals surface area contributed by atoms with Crippen LogP contribution in [0.1, 0.15) is 83.1 Å². The zero-order chi connectivity index (χ0) is 35.1. The molecule has 0 bridgehead atoms. The predicted molar refractivity (Wildman–Crippen MR) is 186 cm³/mol. The Labute approximate surface area is 295 Å². The Hall–Kier alpha value is -1.30. The number of cyclic esters (lactones) is 1. The summed E-state index contributed by atoms with van der Waals surface area (Å²) in [5.74, 6) is -4.70. The van der Waals surface area contributed by atoms with Crippen LogP contribution in [-0.4, -0.2) is 155 Å². The van der Waals surface area contributed by atoms with E-state index < -0.39 is 90.0 Å². The number of hydrogen-bond donors (Lipinski definition) is 6. The molecule has 0 aliphatic carbocycles. The molecular weight excluding hydrogens is 642 g/mol. The third-order valence-corrected chi connectivity index (χ3v) is 9.92. The minimum atomic E-state index is -1.75. The molecule has 0 aromatic heterocycles. The van der Waals surface area contributed by atoms with Gasteiger partial charge in [-0.25, -0.2) is 0 Å². The summed E-state index contributed by atoms with van der Waals surface area (Å²) in [6.07, 6.45) is -6.56. The van der Waals surface area contributed by atoms with Gasteiger partial charge in [-0.3, -0.25) is 9.59 Å². The van der Waals surface area contributed by atoms with Crippen molar-refractivity contribution in [1.82, 2.24) is 4.90 Å². The molecule has 0 unspecified atom stereocenters. The third-order valence-electron chi connectivity index (χ3n) is 9.92. The van der Waals surface area contributed by atoms with E-state index in [1.54, 1.807) is 20.8 Å². The van der Waals surface area contributed by atoms with Gasteiger partial charge in [0, 0.05) is 43.9 Å². The van der Waals surface area contributed by atoms with E-state index in [0.717, 1.165) is 13.0 Å². The van der Waals surface area contributed by atoms with Crippen LogP contribution in [0.25, 0.3) is 0 Å². The van der Waals surface area contributed by atoms with Crippen LogP contribution >= 0.6 is 0 Å². The number of ketones is 1. The molecule has 0 spiro atoms. The van der Waals surface area contributed by atoms with Crippen LogP contribution in [-0.2, 0) is 33.3 Å². The van der Waals surface area contributed by atoms with Crippen molar-refractivity contribution in [2.45, 2.75) is 143 Å². The predicted octanol–water partition coefficient (Wildman–Crippen LogP) is 1.38. The average Bonchev–Trinajstić information content (AvgIpc) is 3.01. The maximum Gasteiger partial charge on any atom is 0.311 e. The number of likely N-dealkylation sites (N-methyl/N-ethyl adjacent to an activating group) is 1. The van der Waals surface area contributed by atoms with E-state index in [9.17, 15) is 40.2 Å². The minimum absolute atomic E-state index is 0. The summed E-state index contributed by atoms with van der Waals surface area (Å²) in [5.41, 5.74) is -2.72. The first-order valence-corrected chi connectivity index (χ1v) is 16.2. The zero-order valence-electron chi connectivity index (χ0n) is 28.9. The molecule has 14 nitrogen and oxygen atoms in total. The fourth-order valence-electron chi connectivity index (χ4n) is 6.46. The molecule has 3 aliphatic rings. The number of hydrogen-bond acceptors (Lipinski definition) is 14. The van der Waals surface area contributed by atoms with Crippen LogP contribution in [0.4, 0.5) is 0 Å². The van der Waals surface area contributed by atoms with Gasteiger partial charge in [0.15, 0.2) is 6.29 Å². The largest absolute Gasteiger partial charge is 0.463 e. The quantitative estimate of drug-likeness (QED) is 0.228. The van der Waals surface area contributed by atoms with E-state index in [4.69, 9.17) is 23.7 Å². The molecule has 49 heavy (non-hydrogen) atoms. The number of ether oxygens (including phenoxy) is 5. The third kappa shape index (κ3) is 13.0. The van der Waals surface area contributed by atoms with E-state index in [0.29, 0.717) is 6.61 Å². The first kappa shape index (κ1) is 49.8. The van der Waals surface area contributed by atoms with Gasteiger partial charge in [0.2, 0.25) is 0 Å². The number of carbonyl (C=O) groups excluding carboxylic acids is 2. The Balaban J connectivity index is 0. The molecule has 3 rings (SSSR count). The highest BCUT2D eigenvalue weighted by molar-refractivity contribution is 5.83. The molecule has 294 valence electrons. The van der Waals surface area contributed by atoms with Gasteiger partial charge < -0.3 is 59.2 Å². The van der Waals surface area contributed by atoms with Crippen molar-refractivity contribution in [3.63, 3.8) is 0 Å². The molecular formula is C35H71NO13. The van der Waals surface area contributed by atoms with Crippen molar-refractivity contribution >= 4 is 11.8 Å². The number of Topliss-reactive ketones (excluding diaryl/α,β-unsaturated/α-hetero) is 1. The van der Waals surface area contributed by atoms with Crippen molar-refractivity contribution in [2.24, 2.45) is 23.7 Å². The summed E-state index contributed by atoms with van der Waals surface area (Å²) in [6.45, 7) is 9.94. The number of rotatable bonds is 4. The van der Waals surface area contributed by atoms with Crippen LogP contribution in [0.2, 0.25) is 0 Å². The molecule has 0 amide bonds. The van der Waals surface area contributed by atoms with E-state index >= 15 is 0 Å². The molecule has 14 atom stereocenters. The van der Waals surface area contributed by atoms with Crippen LogP contribution in [0.5, 0.6) is 0 Å². The number of aliphatic hydroxyl groups excluding tert-OH is 5. The van der Waals surface area contributed by atoms with E-state index in [2.05, 4.69) is 0 Å². The minimum Gasteiger partial charge on any atom is -0.463 e. The SMILES string of the molecule is C.C.C.CN(C)[C@H]1CCOC[C@@H]1O.CO[C@]1(C)C[C@H](O[C@H]2[C@H](C)[C@@H](O)[C@](C)(O)C[C@@H](C)C(=O)[C@H](C)[C@@H](O)[C@H](O)COC(=O)[C@@H]2C)OC[C@@H]1O. The van der Waals surface area contributed by atoms with Gasteiger partial charge in [-0.1, -0.05) is 43.1 Å². The smallest absolute Gasteiger partial charge is 0.311 e. The van der Waals surface area contributed by atoms with E-state index in [1.165, 1.54) is 27.9 Å². The van der Waals surface area contributed by atoms with Crippen molar-refractivity contribution in [3.05, 3.63) is 0 Å². The second kappa shape index (κ2) is 21.3. The molecule has 0 aromatic rings. The number of esters is 1. The Kier molecular flexibility index (Phi) is 21.6. The van der Waals surface area contributed by atoms with Crippen LogP contribution < -0.4 is 0 Å². The Morgan fingerprint density at radius 2 is 1.45 bits per heavy atom. The van der Waals surface area contributed by atoms with Crippen molar-refractivity contribution in [1.29, 1.82) is 0 Å². The summed E-state index contributed by atoms with van der Waals surface area (Å²) in [4.78, 5) is 27.8. The number of carbonyl (C=O) groups is 2. The standard InChI is InChI=1S/C25H44O11.C7H15NO2.3CH4/c1-12-8-24(5,32)22(30)14(3)21(36-18-9-25(6,33-7)17(27)11-34-18)15(4)23(31)35-10-16(26)20(29)13(2)19(12)28;1-8(2)6-3-4-10-5-7(6)9;;;/h12-18,20-22,26-27,29-30,32H,8-11H2,1-7H3;6-7,9H,3-5H2,1-2H3;3*1H4/t12-,13+,14+,15-,16-,17+,18+,20-,21+,22-,24-,25-;6-,7-;;;/m10.../s1. The molecule has 0 saturated carbocycles. The second-order valence-electron chi connectivity index (χ2n) is 14.0. The highest BCUT2D eigenvalue weighted by Crippen LogP contribution is 2.35. The summed E-state index contributed by atoms with van der Waals surface area (Å²) in [7, 11) is 5.43. The highest BCUT2D eigenvalue weighted by atomic mass is 16.7. The van der Waals surface area contributed by atoms with Crippen molar-refractivity contribution in [3.8, 4) is 0 Å². The molecule has 3 fully saturated rings. The fourth-order valence-corrected chi connectivity index (χ4v) is 6.46. The van der Waals surface area contributed by atoms with Crippen LogP contribution in [0.15, 0.2) is 0 Å². The maximum absolute atomic E-state index is 12.9.